The largest absolute Gasteiger partial charge is 0.434 e. The molecule has 3 rings (SSSR count). The topological polar surface area (TPSA) is 96.7 Å². The van der Waals surface area contributed by atoms with E-state index in [1.54, 1.807) is 0 Å². The van der Waals surface area contributed by atoms with Crippen LogP contribution in [0.25, 0.3) is 11.5 Å². The lowest BCUT2D eigenvalue weighted by molar-refractivity contribution is 0.526. The number of nitrogens with zero attached hydrogens (tertiary/aromatic N) is 3. The van der Waals surface area contributed by atoms with Crippen LogP contribution in [0.15, 0.2) is 39.8 Å². The number of hydrogen-bond donors (Lipinski definition) is 2. The summed E-state index contributed by atoms with van der Waals surface area (Å²) < 4.78 is 30.9. The summed E-state index contributed by atoms with van der Waals surface area (Å²) in [7, 11) is 0. The standard InChI is InChI=1S/C13H9F2N5O2/c14-9-1-7(2-10(15)3-9)4-16-12-17-5-8(6-18-12)11-19-20-13(21)22-11/h1-3,5-6H,4H2,(H,20,21)(H,16,17,18). The number of rotatable bonds is 4. The van der Waals surface area contributed by atoms with Crippen LogP contribution in [0.2, 0.25) is 0 Å². The summed E-state index contributed by atoms with van der Waals surface area (Å²) >= 11 is 0. The molecular formula is C13H9F2N5O2. The molecule has 2 heterocycles. The lowest BCUT2D eigenvalue weighted by atomic mass is 10.2. The van der Waals surface area contributed by atoms with Crippen molar-refractivity contribution in [3.8, 4) is 11.5 Å². The number of hydrogen-bond acceptors (Lipinski definition) is 6. The highest BCUT2D eigenvalue weighted by Crippen LogP contribution is 2.14. The molecule has 0 spiro atoms. The maximum atomic E-state index is 13.1. The first kappa shape index (κ1) is 13.9. The fourth-order valence-corrected chi connectivity index (χ4v) is 1.78. The molecule has 112 valence electrons. The highest BCUT2D eigenvalue weighted by molar-refractivity contribution is 5.50. The second-order valence-corrected chi connectivity index (χ2v) is 4.34. The fraction of sp³-hybridized carbons (Fsp3) is 0.0769. The molecule has 0 aliphatic rings. The molecule has 2 aromatic heterocycles. The summed E-state index contributed by atoms with van der Waals surface area (Å²) in [5.74, 6) is -1.65. The third-order valence-corrected chi connectivity index (χ3v) is 2.71. The van der Waals surface area contributed by atoms with Gasteiger partial charge in [0.1, 0.15) is 11.6 Å². The minimum atomic E-state index is -0.676. The Labute approximate surface area is 122 Å². The molecule has 9 heteroatoms. The zero-order valence-corrected chi connectivity index (χ0v) is 11.0. The van der Waals surface area contributed by atoms with Gasteiger partial charge in [-0.3, -0.25) is 0 Å². The molecule has 0 fully saturated rings. The molecule has 0 aliphatic carbocycles. The third-order valence-electron chi connectivity index (χ3n) is 2.71. The average molecular weight is 305 g/mol. The Balaban J connectivity index is 1.69. The minimum absolute atomic E-state index is 0.0729. The van der Waals surface area contributed by atoms with Gasteiger partial charge in [-0.05, 0) is 17.7 Å². The zero-order valence-electron chi connectivity index (χ0n) is 11.0. The predicted molar refractivity (Wildman–Crippen MR) is 71.8 cm³/mol. The summed E-state index contributed by atoms with van der Waals surface area (Å²) in [5, 5.41) is 8.59. The van der Waals surface area contributed by atoms with E-state index in [0.29, 0.717) is 11.1 Å². The van der Waals surface area contributed by atoms with Crippen LogP contribution < -0.4 is 11.1 Å². The van der Waals surface area contributed by atoms with E-state index in [-0.39, 0.29) is 18.4 Å². The van der Waals surface area contributed by atoms with Crippen molar-refractivity contribution < 1.29 is 13.2 Å². The normalized spacial score (nSPS) is 10.6. The van der Waals surface area contributed by atoms with Gasteiger partial charge in [-0.15, -0.1) is 5.10 Å². The number of benzene rings is 1. The molecule has 0 saturated carbocycles. The van der Waals surface area contributed by atoms with Crippen molar-refractivity contribution in [2.75, 3.05) is 5.32 Å². The van der Waals surface area contributed by atoms with Gasteiger partial charge >= 0.3 is 5.76 Å². The molecule has 0 unspecified atom stereocenters. The molecule has 0 saturated heterocycles. The fourth-order valence-electron chi connectivity index (χ4n) is 1.78. The van der Waals surface area contributed by atoms with Gasteiger partial charge in [0.2, 0.25) is 5.95 Å². The van der Waals surface area contributed by atoms with E-state index >= 15 is 0 Å². The van der Waals surface area contributed by atoms with Crippen molar-refractivity contribution in [1.82, 2.24) is 20.2 Å². The van der Waals surface area contributed by atoms with E-state index in [0.717, 1.165) is 6.07 Å². The molecular weight excluding hydrogens is 296 g/mol. The molecule has 0 bridgehead atoms. The van der Waals surface area contributed by atoms with Crippen LogP contribution in [0, 0.1) is 11.6 Å². The SMILES string of the molecule is O=c1[nH]nc(-c2cnc(NCc3cc(F)cc(F)c3)nc2)o1. The number of H-pyrrole nitrogens is 1. The quantitative estimate of drug-likeness (QED) is 0.761. The third kappa shape index (κ3) is 3.14. The number of anilines is 1. The number of nitrogens with one attached hydrogen (secondary N) is 2. The highest BCUT2D eigenvalue weighted by atomic mass is 19.1. The molecule has 3 aromatic rings. The van der Waals surface area contributed by atoms with Gasteiger partial charge in [-0.25, -0.2) is 28.6 Å². The van der Waals surface area contributed by atoms with E-state index < -0.39 is 17.4 Å². The summed E-state index contributed by atoms with van der Waals surface area (Å²) in [6, 6.07) is 3.22. The Morgan fingerprint density at radius 2 is 1.82 bits per heavy atom. The van der Waals surface area contributed by atoms with E-state index in [4.69, 9.17) is 4.42 Å². The van der Waals surface area contributed by atoms with Crippen molar-refractivity contribution >= 4 is 5.95 Å². The van der Waals surface area contributed by atoms with Gasteiger partial charge in [0.05, 0.1) is 5.56 Å². The van der Waals surface area contributed by atoms with Crippen LogP contribution >= 0.6 is 0 Å². The Bertz CT molecular complexity index is 824. The van der Waals surface area contributed by atoms with Crippen molar-refractivity contribution in [3.05, 3.63) is 58.3 Å². The van der Waals surface area contributed by atoms with Crippen LogP contribution in [-0.4, -0.2) is 20.2 Å². The number of aromatic amines is 1. The maximum absolute atomic E-state index is 13.1. The highest BCUT2D eigenvalue weighted by Gasteiger charge is 2.07. The predicted octanol–water partition coefficient (Wildman–Crippen LogP) is 1.71. The Hall–Kier alpha value is -3.10. The first-order chi connectivity index (χ1) is 10.6. The molecule has 2 N–H and O–H groups in total. The van der Waals surface area contributed by atoms with Gasteiger partial charge in [0.25, 0.3) is 5.89 Å². The molecule has 0 atom stereocenters. The monoisotopic (exact) mass is 305 g/mol. The smallest absolute Gasteiger partial charge is 0.388 e. The van der Waals surface area contributed by atoms with E-state index in [9.17, 15) is 13.6 Å². The first-order valence-electron chi connectivity index (χ1n) is 6.17. The average Bonchev–Trinajstić information content (AvgIpc) is 2.91. The van der Waals surface area contributed by atoms with Crippen LogP contribution in [0.3, 0.4) is 0 Å². The van der Waals surface area contributed by atoms with E-state index in [1.165, 1.54) is 24.5 Å². The van der Waals surface area contributed by atoms with Crippen molar-refractivity contribution in [3.63, 3.8) is 0 Å². The van der Waals surface area contributed by atoms with Gasteiger partial charge in [0.15, 0.2) is 0 Å². The van der Waals surface area contributed by atoms with Crippen LogP contribution in [0.1, 0.15) is 5.56 Å². The molecule has 22 heavy (non-hydrogen) atoms. The number of aromatic nitrogens is 4. The molecule has 7 nitrogen and oxygen atoms in total. The Kier molecular flexibility index (Phi) is 3.60. The van der Waals surface area contributed by atoms with E-state index in [2.05, 4.69) is 25.5 Å². The lowest BCUT2D eigenvalue weighted by Gasteiger charge is -2.05. The minimum Gasteiger partial charge on any atom is -0.388 e. The summed E-state index contributed by atoms with van der Waals surface area (Å²) in [5.41, 5.74) is 0.837. The van der Waals surface area contributed by atoms with Gasteiger partial charge in [-0.1, -0.05) is 0 Å². The molecule has 1 aromatic carbocycles. The van der Waals surface area contributed by atoms with Gasteiger partial charge in [0, 0.05) is 25.0 Å². The molecule has 0 aliphatic heterocycles. The summed E-state index contributed by atoms with van der Waals surface area (Å²) in [6.45, 7) is 0.158. The van der Waals surface area contributed by atoms with Crippen molar-refractivity contribution in [2.24, 2.45) is 0 Å². The summed E-state index contributed by atoms with van der Waals surface area (Å²) in [4.78, 5) is 18.8. The number of halogens is 2. The van der Waals surface area contributed by atoms with Gasteiger partial charge < -0.3 is 9.73 Å². The second kappa shape index (κ2) is 5.72. The zero-order chi connectivity index (χ0) is 15.5. The van der Waals surface area contributed by atoms with Crippen LogP contribution in [0.4, 0.5) is 14.7 Å². The Morgan fingerprint density at radius 3 is 2.41 bits per heavy atom. The Morgan fingerprint density at radius 1 is 1.14 bits per heavy atom. The first-order valence-corrected chi connectivity index (χ1v) is 6.17. The maximum Gasteiger partial charge on any atom is 0.434 e. The lowest BCUT2D eigenvalue weighted by Crippen LogP contribution is -2.04. The van der Waals surface area contributed by atoms with Crippen LogP contribution in [0.5, 0.6) is 0 Å². The van der Waals surface area contributed by atoms with Crippen LogP contribution in [-0.2, 0) is 6.54 Å². The second-order valence-electron chi connectivity index (χ2n) is 4.34. The molecule has 0 amide bonds. The van der Waals surface area contributed by atoms with Gasteiger partial charge in [-0.2, -0.15) is 0 Å². The molecule has 0 radical (unpaired) electrons. The van der Waals surface area contributed by atoms with Crippen molar-refractivity contribution in [1.29, 1.82) is 0 Å². The van der Waals surface area contributed by atoms with E-state index in [1.807, 2.05) is 0 Å². The summed E-state index contributed by atoms with van der Waals surface area (Å²) in [6.07, 6.45) is 2.81. The van der Waals surface area contributed by atoms with Crippen molar-refractivity contribution in [2.45, 2.75) is 6.54 Å².